The zero-order valence-corrected chi connectivity index (χ0v) is 10.7. The van der Waals surface area contributed by atoms with Gasteiger partial charge in [-0.3, -0.25) is 4.79 Å². The first-order valence-corrected chi connectivity index (χ1v) is 5.20. The summed E-state index contributed by atoms with van der Waals surface area (Å²) >= 11 is 0. The number of primary amides is 1. The Morgan fingerprint density at radius 3 is 1.57 bits per heavy atom. The summed E-state index contributed by atoms with van der Waals surface area (Å²) < 4.78 is 0. The Kier molecular flexibility index (Phi) is 3.42. The van der Waals surface area contributed by atoms with Crippen molar-refractivity contribution in [1.82, 2.24) is 0 Å². The molecule has 0 aromatic rings. The van der Waals surface area contributed by atoms with Crippen LogP contribution in [-0.2, 0) is 4.79 Å². The number of carbonyl (C=O) groups is 1. The van der Waals surface area contributed by atoms with E-state index in [2.05, 4.69) is 34.6 Å². The first-order valence-electron chi connectivity index (χ1n) is 5.20. The summed E-state index contributed by atoms with van der Waals surface area (Å²) in [6.45, 7) is 14.7. The van der Waals surface area contributed by atoms with E-state index in [1.165, 1.54) is 0 Å². The molecule has 2 N–H and O–H groups in total. The second kappa shape index (κ2) is 3.56. The third-order valence-corrected chi connectivity index (χ3v) is 3.28. The molecule has 0 radical (unpaired) electrons. The highest BCUT2D eigenvalue weighted by molar-refractivity contribution is 5.80. The second-order valence-corrected chi connectivity index (χ2v) is 6.61. The van der Waals surface area contributed by atoms with Gasteiger partial charge in [0, 0.05) is 5.41 Å². The molecule has 0 atom stereocenters. The molecule has 14 heavy (non-hydrogen) atoms. The van der Waals surface area contributed by atoms with E-state index in [9.17, 15) is 4.79 Å². The summed E-state index contributed by atoms with van der Waals surface area (Å²) in [6, 6.07) is 0. The van der Waals surface area contributed by atoms with Crippen LogP contribution in [0.15, 0.2) is 0 Å². The van der Waals surface area contributed by atoms with Crippen LogP contribution in [0.4, 0.5) is 0 Å². The SMILES string of the molecule is CC(C)(C)CC(C)(C)C(C)(C)C(N)=O. The van der Waals surface area contributed by atoms with Gasteiger partial charge in [-0.1, -0.05) is 48.5 Å². The first-order chi connectivity index (χ1) is 5.90. The molecule has 0 unspecified atom stereocenters. The van der Waals surface area contributed by atoms with Gasteiger partial charge < -0.3 is 5.73 Å². The maximum absolute atomic E-state index is 11.4. The predicted molar refractivity (Wildman–Crippen MR) is 60.8 cm³/mol. The van der Waals surface area contributed by atoms with Crippen molar-refractivity contribution >= 4 is 5.91 Å². The predicted octanol–water partition coefficient (Wildman–Crippen LogP) is 2.96. The van der Waals surface area contributed by atoms with E-state index >= 15 is 0 Å². The number of carbonyl (C=O) groups excluding carboxylic acids is 1. The molecule has 0 saturated carbocycles. The smallest absolute Gasteiger partial charge is 0.223 e. The summed E-state index contributed by atoms with van der Waals surface area (Å²) in [5.41, 5.74) is 5.12. The number of nitrogens with two attached hydrogens (primary N) is 1. The first kappa shape index (κ1) is 13.5. The normalized spacial score (nSPS) is 14.2. The third-order valence-electron chi connectivity index (χ3n) is 3.28. The Hall–Kier alpha value is -0.530. The van der Waals surface area contributed by atoms with Crippen molar-refractivity contribution in [2.24, 2.45) is 22.0 Å². The highest BCUT2D eigenvalue weighted by Crippen LogP contribution is 2.46. The van der Waals surface area contributed by atoms with Gasteiger partial charge in [0.2, 0.25) is 5.91 Å². The van der Waals surface area contributed by atoms with Gasteiger partial charge >= 0.3 is 0 Å². The van der Waals surface area contributed by atoms with Crippen molar-refractivity contribution in [3.8, 4) is 0 Å². The van der Waals surface area contributed by atoms with Gasteiger partial charge in [0.25, 0.3) is 0 Å². The van der Waals surface area contributed by atoms with Crippen molar-refractivity contribution in [2.45, 2.75) is 54.9 Å². The van der Waals surface area contributed by atoms with Crippen LogP contribution < -0.4 is 5.73 Å². The standard InChI is InChI=1S/C12H25NO/c1-10(2,3)8-11(4,5)12(6,7)9(13)14/h8H2,1-7H3,(H2,13,14). The molecule has 0 rings (SSSR count). The molecule has 0 fully saturated rings. The van der Waals surface area contributed by atoms with E-state index in [0.717, 1.165) is 6.42 Å². The lowest BCUT2D eigenvalue weighted by atomic mass is 9.61. The average Bonchev–Trinajstić information content (AvgIpc) is 1.80. The van der Waals surface area contributed by atoms with Crippen molar-refractivity contribution in [3.63, 3.8) is 0 Å². The van der Waals surface area contributed by atoms with Crippen LogP contribution in [0, 0.1) is 16.2 Å². The summed E-state index contributed by atoms with van der Waals surface area (Å²) in [5, 5.41) is 0. The minimum atomic E-state index is -0.458. The average molecular weight is 199 g/mol. The van der Waals surface area contributed by atoms with Gasteiger partial charge in [0.15, 0.2) is 0 Å². The van der Waals surface area contributed by atoms with Crippen LogP contribution in [0.25, 0.3) is 0 Å². The largest absolute Gasteiger partial charge is 0.369 e. The van der Waals surface area contributed by atoms with Crippen molar-refractivity contribution < 1.29 is 4.79 Å². The molecule has 1 amide bonds. The lowest BCUT2D eigenvalue weighted by Crippen LogP contribution is -2.45. The van der Waals surface area contributed by atoms with E-state index in [0.29, 0.717) is 0 Å². The highest BCUT2D eigenvalue weighted by Gasteiger charge is 2.43. The molecule has 0 aliphatic carbocycles. The Morgan fingerprint density at radius 1 is 1.00 bits per heavy atom. The van der Waals surface area contributed by atoms with Crippen LogP contribution in [0.1, 0.15) is 54.9 Å². The van der Waals surface area contributed by atoms with Crippen molar-refractivity contribution in [3.05, 3.63) is 0 Å². The molecule has 0 aliphatic heterocycles. The van der Waals surface area contributed by atoms with Crippen molar-refractivity contribution in [2.75, 3.05) is 0 Å². The zero-order chi connectivity index (χ0) is 11.8. The molecular weight excluding hydrogens is 174 g/mol. The topological polar surface area (TPSA) is 43.1 Å². The number of hydrogen-bond acceptors (Lipinski definition) is 1. The molecule has 0 heterocycles. The van der Waals surface area contributed by atoms with Crippen LogP contribution in [0.3, 0.4) is 0 Å². The van der Waals surface area contributed by atoms with Crippen LogP contribution in [-0.4, -0.2) is 5.91 Å². The fraction of sp³-hybridized carbons (Fsp3) is 0.917. The minimum absolute atomic E-state index is 0.0723. The molecule has 0 spiro atoms. The van der Waals surface area contributed by atoms with E-state index in [-0.39, 0.29) is 16.7 Å². The molecule has 84 valence electrons. The van der Waals surface area contributed by atoms with Crippen molar-refractivity contribution in [1.29, 1.82) is 0 Å². The second-order valence-electron chi connectivity index (χ2n) is 6.61. The van der Waals surface area contributed by atoms with Crippen LogP contribution in [0.2, 0.25) is 0 Å². The Labute approximate surface area is 88.3 Å². The molecular formula is C12H25NO. The molecule has 2 heteroatoms. The lowest BCUT2D eigenvalue weighted by molar-refractivity contribution is -0.133. The fourth-order valence-electron chi connectivity index (χ4n) is 1.88. The molecule has 0 bridgehead atoms. The molecule has 0 aliphatic rings. The Morgan fingerprint density at radius 2 is 1.36 bits per heavy atom. The van der Waals surface area contributed by atoms with E-state index in [1.807, 2.05) is 13.8 Å². The van der Waals surface area contributed by atoms with Gasteiger partial charge in [-0.05, 0) is 17.3 Å². The Balaban J connectivity index is 4.87. The molecule has 0 aromatic carbocycles. The van der Waals surface area contributed by atoms with Gasteiger partial charge in [-0.2, -0.15) is 0 Å². The fourth-order valence-corrected chi connectivity index (χ4v) is 1.88. The lowest BCUT2D eigenvalue weighted by Gasteiger charge is -2.43. The summed E-state index contributed by atoms with van der Waals surface area (Å²) in [7, 11) is 0. The maximum Gasteiger partial charge on any atom is 0.223 e. The summed E-state index contributed by atoms with van der Waals surface area (Å²) in [5.74, 6) is -0.216. The number of hydrogen-bond donors (Lipinski definition) is 1. The third kappa shape index (κ3) is 3.00. The number of amides is 1. The molecule has 0 saturated heterocycles. The van der Waals surface area contributed by atoms with Crippen LogP contribution in [0.5, 0.6) is 0 Å². The summed E-state index contributed by atoms with van der Waals surface area (Å²) in [6.07, 6.45) is 0.982. The Bertz CT molecular complexity index is 221. The summed E-state index contributed by atoms with van der Waals surface area (Å²) in [4.78, 5) is 11.4. The minimum Gasteiger partial charge on any atom is -0.369 e. The van der Waals surface area contributed by atoms with E-state index in [1.54, 1.807) is 0 Å². The monoisotopic (exact) mass is 199 g/mol. The van der Waals surface area contributed by atoms with Gasteiger partial charge in [-0.15, -0.1) is 0 Å². The van der Waals surface area contributed by atoms with Gasteiger partial charge in [0.1, 0.15) is 0 Å². The quantitative estimate of drug-likeness (QED) is 0.746. The highest BCUT2D eigenvalue weighted by atomic mass is 16.1. The molecule has 0 aromatic heterocycles. The van der Waals surface area contributed by atoms with Gasteiger partial charge in [0.05, 0.1) is 0 Å². The van der Waals surface area contributed by atoms with Gasteiger partial charge in [-0.25, -0.2) is 0 Å². The van der Waals surface area contributed by atoms with E-state index < -0.39 is 5.41 Å². The van der Waals surface area contributed by atoms with E-state index in [4.69, 9.17) is 5.73 Å². The molecule has 2 nitrogen and oxygen atoms in total. The van der Waals surface area contributed by atoms with Crippen LogP contribution >= 0.6 is 0 Å². The zero-order valence-electron chi connectivity index (χ0n) is 10.7. The maximum atomic E-state index is 11.4. The number of rotatable bonds is 3.